The van der Waals surface area contributed by atoms with E-state index in [1.165, 1.54) is 18.2 Å². The Balaban J connectivity index is 1.60. The van der Waals surface area contributed by atoms with Crippen molar-refractivity contribution in [2.75, 3.05) is 6.61 Å². The Morgan fingerprint density at radius 2 is 1.87 bits per heavy atom. The number of nitrogens with one attached hydrogen (secondary N) is 3. The zero-order valence-electron chi connectivity index (χ0n) is 20.9. The zero-order valence-corrected chi connectivity index (χ0v) is 20.9. The van der Waals surface area contributed by atoms with Gasteiger partial charge in [-0.25, -0.2) is 9.78 Å². The second-order valence-corrected chi connectivity index (χ2v) is 8.89. The highest BCUT2D eigenvalue weighted by Crippen LogP contribution is 2.27. The number of aromatic nitrogens is 4. The fraction of sp³-hybridized carbons (Fsp3) is 0.143. The van der Waals surface area contributed by atoms with Gasteiger partial charge < -0.3 is 15.4 Å². The van der Waals surface area contributed by atoms with Gasteiger partial charge >= 0.3 is 5.69 Å². The number of hydrogen-bond acceptors (Lipinski definition) is 7. The average Bonchev–Trinajstić information content (AvgIpc) is 3.34. The minimum Gasteiger partial charge on any atom is -0.388 e. The maximum Gasteiger partial charge on any atom is 0.328 e. The summed E-state index contributed by atoms with van der Waals surface area (Å²) in [6.45, 7) is 1.52. The third kappa shape index (κ3) is 4.66. The lowest BCUT2D eigenvalue weighted by Crippen LogP contribution is -2.35. The Labute approximate surface area is 220 Å². The van der Waals surface area contributed by atoms with Crippen molar-refractivity contribution < 1.29 is 14.7 Å². The lowest BCUT2D eigenvalue weighted by Gasteiger charge is -2.06. The average molecular weight is 525 g/mol. The lowest BCUT2D eigenvalue weighted by molar-refractivity contribution is 0.0973. The number of fused-ring (bicyclic) bond motifs is 2. The van der Waals surface area contributed by atoms with E-state index in [1.807, 2.05) is 6.92 Å². The van der Waals surface area contributed by atoms with E-state index in [4.69, 9.17) is 10.5 Å². The van der Waals surface area contributed by atoms with E-state index in [0.29, 0.717) is 28.7 Å². The van der Waals surface area contributed by atoms with Crippen LogP contribution in [-0.2, 0) is 6.54 Å². The van der Waals surface area contributed by atoms with Gasteiger partial charge in [-0.1, -0.05) is 25.1 Å². The van der Waals surface area contributed by atoms with Crippen LogP contribution in [0.15, 0.2) is 76.4 Å². The maximum absolute atomic E-state index is 13.7. The molecule has 3 heterocycles. The van der Waals surface area contributed by atoms with Crippen molar-refractivity contribution in [2.45, 2.75) is 19.9 Å². The summed E-state index contributed by atoms with van der Waals surface area (Å²) in [5.74, 6) is -1.21. The molecule has 0 aliphatic carbocycles. The number of benzene rings is 2. The van der Waals surface area contributed by atoms with Gasteiger partial charge in [0.15, 0.2) is 5.82 Å². The number of ketones is 1. The van der Waals surface area contributed by atoms with Gasteiger partial charge in [-0.3, -0.25) is 28.8 Å². The molecule has 0 aliphatic rings. The number of rotatable bonds is 7. The van der Waals surface area contributed by atoms with E-state index in [2.05, 4.69) is 15.3 Å². The number of amidine groups is 1. The van der Waals surface area contributed by atoms with Crippen molar-refractivity contribution in [1.29, 1.82) is 5.41 Å². The molecule has 0 radical (unpaired) electrons. The summed E-state index contributed by atoms with van der Waals surface area (Å²) in [6.07, 6.45) is 2.30. The van der Waals surface area contributed by atoms with Gasteiger partial charge in [-0.05, 0) is 48.9 Å². The number of aliphatic hydroxyl groups excluding tert-OH is 1. The SMILES string of the molecule is CCCn1c(=O)[nH]c2ccc(C(=O)c3nc(-c4cccc(C(=O)NC(=N)CO)c4)c4ccccn34)cc2c1=O. The molecule has 0 unspecified atom stereocenters. The van der Waals surface area contributed by atoms with Crippen LogP contribution in [0.5, 0.6) is 0 Å². The number of pyridine rings is 1. The van der Waals surface area contributed by atoms with E-state index in [1.54, 1.807) is 53.1 Å². The predicted octanol–water partition coefficient (Wildman–Crippen LogP) is 2.34. The second kappa shape index (κ2) is 10.3. The van der Waals surface area contributed by atoms with Crippen LogP contribution in [0, 0.1) is 5.41 Å². The first-order valence-electron chi connectivity index (χ1n) is 12.2. The van der Waals surface area contributed by atoms with Gasteiger partial charge in [0.25, 0.3) is 11.5 Å². The molecule has 1 amide bonds. The maximum atomic E-state index is 13.7. The lowest BCUT2D eigenvalue weighted by atomic mass is 10.1. The molecule has 5 aromatic rings. The number of H-pyrrole nitrogens is 1. The molecule has 196 valence electrons. The minimum atomic E-state index is -0.597. The highest BCUT2D eigenvalue weighted by atomic mass is 16.3. The molecular weight excluding hydrogens is 500 g/mol. The van der Waals surface area contributed by atoms with Crippen molar-refractivity contribution >= 4 is 33.9 Å². The van der Waals surface area contributed by atoms with Crippen LogP contribution in [0.1, 0.15) is 39.9 Å². The molecule has 3 aromatic heterocycles. The molecule has 2 aromatic carbocycles. The highest BCUT2D eigenvalue weighted by Gasteiger charge is 2.21. The number of hydrogen-bond donors (Lipinski definition) is 4. The first-order chi connectivity index (χ1) is 18.8. The number of amides is 1. The Bertz CT molecular complexity index is 1900. The first kappa shape index (κ1) is 25.5. The molecule has 11 nitrogen and oxygen atoms in total. The van der Waals surface area contributed by atoms with Crippen molar-refractivity contribution in [3.63, 3.8) is 0 Å². The third-order valence-corrected chi connectivity index (χ3v) is 6.26. The Morgan fingerprint density at radius 3 is 2.64 bits per heavy atom. The normalized spacial score (nSPS) is 11.1. The van der Waals surface area contributed by atoms with Crippen LogP contribution < -0.4 is 16.6 Å². The summed E-state index contributed by atoms with van der Waals surface area (Å²) in [5.41, 5.74) is 1.50. The van der Waals surface area contributed by atoms with Crippen LogP contribution >= 0.6 is 0 Å². The summed E-state index contributed by atoms with van der Waals surface area (Å²) in [6, 6.07) is 16.5. The number of nitrogens with zero attached hydrogens (tertiary/aromatic N) is 3. The Kier molecular flexibility index (Phi) is 6.73. The van der Waals surface area contributed by atoms with E-state index in [-0.39, 0.29) is 34.7 Å². The van der Waals surface area contributed by atoms with Gasteiger partial charge in [0.1, 0.15) is 12.4 Å². The molecule has 5 rings (SSSR count). The van der Waals surface area contributed by atoms with Crippen LogP contribution in [0.2, 0.25) is 0 Å². The highest BCUT2D eigenvalue weighted by molar-refractivity contribution is 6.10. The topological polar surface area (TPSA) is 162 Å². The number of carbonyl (C=O) groups excluding carboxylic acids is 2. The summed E-state index contributed by atoms with van der Waals surface area (Å²) < 4.78 is 2.75. The molecule has 0 spiro atoms. The second-order valence-electron chi connectivity index (χ2n) is 8.89. The Hall–Kier alpha value is -5.16. The summed E-state index contributed by atoms with van der Waals surface area (Å²) in [5, 5.41) is 19.1. The summed E-state index contributed by atoms with van der Waals surface area (Å²) in [7, 11) is 0. The van der Waals surface area contributed by atoms with Crippen LogP contribution in [0.25, 0.3) is 27.7 Å². The molecule has 0 saturated carbocycles. The number of imidazole rings is 1. The van der Waals surface area contributed by atoms with Crippen LogP contribution in [0.4, 0.5) is 0 Å². The van der Waals surface area contributed by atoms with Gasteiger partial charge in [0, 0.05) is 29.4 Å². The molecule has 4 N–H and O–H groups in total. The van der Waals surface area contributed by atoms with Gasteiger partial charge in [-0.2, -0.15) is 0 Å². The molecule has 39 heavy (non-hydrogen) atoms. The monoisotopic (exact) mass is 524 g/mol. The van der Waals surface area contributed by atoms with Gasteiger partial charge in [-0.15, -0.1) is 0 Å². The zero-order chi connectivity index (χ0) is 27.7. The number of aromatic amines is 1. The first-order valence-corrected chi connectivity index (χ1v) is 12.2. The predicted molar refractivity (Wildman–Crippen MR) is 145 cm³/mol. The molecule has 0 bridgehead atoms. The van der Waals surface area contributed by atoms with Crippen molar-refractivity contribution in [2.24, 2.45) is 0 Å². The number of aliphatic hydroxyl groups is 1. The molecule has 0 atom stereocenters. The van der Waals surface area contributed by atoms with Gasteiger partial charge in [0.2, 0.25) is 5.78 Å². The summed E-state index contributed by atoms with van der Waals surface area (Å²) in [4.78, 5) is 58.8. The Morgan fingerprint density at radius 1 is 1.05 bits per heavy atom. The van der Waals surface area contributed by atoms with E-state index in [0.717, 1.165) is 4.57 Å². The molecule has 11 heteroatoms. The quantitative estimate of drug-likeness (QED) is 0.145. The van der Waals surface area contributed by atoms with E-state index in [9.17, 15) is 19.2 Å². The van der Waals surface area contributed by atoms with Crippen LogP contribution in [-0.4, -0.2) is 48.2 Å². The third-order valence-electron chi connectivity index (χ3n) is 6.26. The molecule has 0 aliphatic heterocycles. The molecular formula is C28H24N6O5. The van der Waals surface area contributed by atoms with Crippen molar-refractivity contribution in [3.8, 4) is 11.3 Å². The van der Waals surface area contributed by atoms with E-state index >= 15 is 0 Å². The van der Waals surface area contributed by atoms with Crippen molar-refractivity contribution in [3.05, 3.63) is 105 Å². The van der Waals surface area contributed by atoms with E-state index < -0.39 is 29.5 Å². The van der Waals surface area contributed by atoms with Crippen molar-refractivity contribution in [1.82, 2.24) is 24.3 Å². The van der Waals surface area contributed by atoms with Crippen LogP contribution in [0.3, 0.4) is 0 Å². The fourth-order valence-electron chi connectivity index (χ4n) is 4.41. The number of carbonyl (C=O) groups is 2. The smallest absolute Gasteiger partial charge is 0.328 e. The van der Waals surface area contributed by atoms with Gasteiger partial charge in [0.05, 0.1) is 22.1 Å². The standard InChI is InChI=1S/C28H24N6O5/c1-2-11-34-27(38)19-14-17(9-10-20(19)30-28(34)39)24(36)25-32-23(21-8-3-4-12-33(21)25)16-6-5-7-18(13-16)26(37)31-22(29)15-35/h3-10,12-14,35H,2,11,15H2,1H3,(H,30,39)(H2,29,31,37). The fourth-order valence-corrected chi connectivity index (χ4v) is 4.41. The molecule has 0 fully saturated rings. The minimum absolute atomic E-state index is 0.107. The summed E-state index contributed by atoms with van der Waals surface area (Å²) >= 11 is 0. The largest absolute Gasteiger partial charge is 0.388 e. The molecule has 0 saturated heterocycles.